The molecule has 0 radical (unpaired) electrons. The Morgan fingerprint density at radius 1 is 1.35 bits per heavy atom. The number of carbonyl (C=O) groups is 1. The van der Waals surface area contributed by atoms with E-state index in [4.69, 9.17) is 35.9 Å². The van der Waals surface area contributed by atoms with Crippen molar-refractivity contribution < 1.29 is 38.1 Å². The second-order valence-electron chi connectivity index (χ2n) is 8.86. The van der Waals surface area contributed by atoms with Gasteiger partial charge in [-0.25, -0.2) is 9.55 Å². The molecule has 40 heavy (non-hydrogen) atoms. The lowest BCUT2D eigenvalue weighted by molar-refractivity contribution is -0.144. The van der Waals surface area contributed by atoms with Crippen LogP contribution in [0.2, 0.25) is 0 Å². The SMILES string of the molecule is CCOC(=O)[C@@H](C)N[P@@](=O)(OC[C@H]1O[C@@H](n2cnc3c(NC)nc(N)nc32)[C@@](Cl)(CO)[C@@H]1O)Oc1ccccc1. The normalized spacial score (nSPS) is 24.9. The molecule has 1 aliphatic heterocycles. The number of carbonyl (C=O) groups excluding carboxylic acids is 1. The fraction of sp³-hybridized carbons (Fsp3) is 0.478. The summed E-state index contributed by atoms with van der Waals surface area (Å²) in [6.07, 6.45) is -2.56. The van der Waals surface area contributed by atoms with Gasteiger partial charge in [0.05, 0.1) is 26.1 Å². The van der Waals surface area contributed by atoms with E-state index < -0.39 is 56.3 Å². The predicted octanol–water partition coefficient (Wildman–Crippen LogP) is 1.42. The van der Waals surface area contributed by atoms with E-state index in [-0.39, 0.29) is 24.0 Å². The standard InChI is InChI=1S/C23H31ClN7O8P/c1-4-36-20(34)13(2)30-40(35,39-14-8-6-5-7-9-14)37-10-15-17(33)23(24,11-32)21(38-15)31-12-27-16-18(26-3)28-22(25)29-19(16)31/h5-9,12-13,15,17,21,32-33H,4,10-11H2,1-3H3,(H,30,35)(H3,25,26,28,29)/t13-,15-,17-,21-,23-,40-/m1/s1. The molecule has 2 aromatic heterocycles. The van der Waals surface area contributed by atoms with Gasteiger partial charge in [-0.2, -0.15) is 15.1 Å². The quantitative estimate of drug-likeness (QED) is 0.113. The first-order chi connectivity index (χ1) is 19.0. The molecule has 0 aliphatic carbocycles. The van der Waals surface area contributed by atoms with Crippen LogP contribution < -0.4 is 20.7 Å². The molecule has 218 valence electrons. The van der Waals surface area contributed by atoms with Gasteiger partial charge in [0.25, 0.3) is 0 Å². The van der Waals surface area contributed by atoms with Crippen LogP contribution in [0, 0.1) is 0 Å². The summed E-state index contributed by atoms with van der Waals surface area (Å²) in [5.41, 5.74) is 6.42. The van der Waals surface area contributed by atoms with Crippen LogP contribution in [0.4, 0.5) is 11.8 Å². The molecule has 0 unspecified atom stereocenters. The average Bonchev–Trinajstić information content (AvgIpc) is 3.46. The lowest BCUT2D eigenvalue weighted by atomic mass is 9.99. The van der Waals surface area contributed by atoms with Crippen molar-refractivity contribution in [2.45, 2.75) is 43.2 Å². The van der Waals surface area contributed by atoms with Crippen LogP contribution in [0.3, 0.4) is 0 Å². The van der Waals surface area contributed by atoms with Gasteiger partial charge in [0.15, 0.2) is 23.2 Å². The van der Waals surface area contributed by atoms with Crippen LogP contribution in [0.15, 0.2) is 36.7 Å². The highest BCUT2D eigenvalue weighted by Gasteiger charge is 2.57. The molecule has 0 saturated carbocycles. The minimum absolute atomic E-state index is 0.0537. The summed E-state index contributed by atoms with van der Waals surface area (Å²) >= 11 is 6.72. The minimum Gasteiger partial charge on any atom is -0.465 e. The second-order valence-corrected chi connectivity index (χ2v) is 11.3. The number of hydrogen-bond donors (Lipinski definition) is 5. The maximum absolute atomic E-state index is 13.8. The molecular weight excluding hydrogens is 569 g/mol. The number of fused-ring (bicyclic) bond motifs is 1. The molecule has 0 amide bonds. The molecule has 1 saturated heterocycles. The number of esters is 1. The lowest BCUT2D eigenvalue weighted by Crippen LogP contribution is -2.45. The van der Waals surface area contributed by atoms with E-state index in [2.05, 4.69) is 25.4 Å². The molecule has 15 nitrogen and oxygen atoms in total. The van der Waals surface area contributed by atoms with Crippen LogP contribution in [0.25, 0.3) is 11.2 Å². The number of alkyl halides is 1. The highest BCUT2D eigenvalue weighted by atomic mass is 35.5. The molecule has 6 atom stereocenters. The number of nitrogens with one attached hydrogen (secondary N) is 2. The Labute approximate surface area is 234 Å². The fourth-order valence-corrected chi connectivity index (χ4v) is 5.92. The number of imidazole rings is 1. The van der Waals surface area contributed by atoms with Crippen molar-refractivity contribution in [3.63, 3.8) is 0 Å². The maximum atomic E-state index is 13.8. The highest BCUT2D eigenvalue weighted by molar-refractivity contribution is 7.52. The number of rotatable bonds is 12. The molecule has 6 N–H and O–H groups in total. The summed E-state index contributed by atoms with van der Waals surface area (Å²) in [6, 6.07) is 7.11. The number of halogens is 1. The molecule has 1 fully saturated rings. The number of aliphatic hydroxyl groups excluding tert-OH is 2. The number of anilines is 2. The lowest BCUT2D eigenvalue weighted by Gasteiger charge is -2.28. The molecule has 17 heteroatoms. The van der Waals surface area contributed by atoms with Crippen molar-refractivity contribution in [3.05, 3.63) is 36.7 Å². The van der Waals surface area contributed by atoms with E-state index in [0.29, 0.717) is 11.3 Å². The largest absolute Gasteiger partial charge is 0.465 e. The summed E-state index contributed by atoms with van der Waals surface area (Å²) in [5, 5.41) is 26.7. The number of benzene rings is 1. The summed E-state index contributed by atoms with van der Waals surface area (Å²) < 4.78 is 37.4. The predicted molar refractivity (Wildman–Crippen MR) is 145 cm³/mol. The maximum Gasteiger partial charge on any atom is 0.459 e. The van der Waals surface area contributed by atoms with Crippen molar-refractivity contribution in [1.29, 1.82) is 0 Å². The van der Waals surface area contributed by atoms with Crippen LogP contribution in [0.5, 0.6) is 5.75 Å². The molecule has 3 heterocycles. The van der Waals surface area contributed by atoms with Gasteiger partial charge in [-0.15, -0.1) is 11.6 Å². The molecule has 4 rings (SSSR count). The van der Waals surface area contributed by atoms with Crippen molar-refractivity contribution in [2.24, 2.45) is 0 Å². The topological polar surface area (TPSA) is 205 Å². The zero-order valence-corrected chi connectivity index (χ0v) is 23.6. The van der Waals surface area contributed by atoms with Crippen molar-refractivity contribution in [1.82, 2.24) is 24.6 Å². The smallest absolute Gasteiger partial charge is 0.459 e. The number of nitrogens with zero attached hydrogens (tertiary/aromatic N) is 4. The summed E-state index contributed by atoms with van der Waals surface area (Å²) in [4.78, 5) is 23.0. The Bertz CT molecular complexity index is 1380. The Morgan fingerprint density at radius 2 is 2.08 bits per heavy atom. The van der Waals surface area contributed by atoms with E-state index >= 15 is 0 Å². The van der Waals surface area contributed by atoms with Crippen LogP contribution in [0.1, 0.15) is 20.1 Å². The summed E-state index contributed by atoms with van der Waals surface area (Å²) in [5.74, 6) is -0.175. The molecule has 0 spiro atoms. The minimum atomic E-state index is -4.25. The van der Waals surface area contributed by atoms with Gasteiger partial charge in [-0.3, -0.25) is 13.9 Å². The monoisotopic (exact) mass is 599 g/mol. The van der Waals surface area contributed by atoms with E-state index in [9.17, 15) is 19.6 Å². The first-order valence-corrected chi connectivity index (χ1v) is 14.2. The number of aromatic nitrogens is 4. The van der Waals surface area contributed by atoms with Crippen molar-refractivity contribution in [2.75, 3.05) is 37.9 Å². The van der Waals surface area contributed by atoms with Crippen LogP contribution in [-0.2, 0) is 23.4 Å². The number of hydrogen-bond acceptors (Lipinski definition) is 13. The molecule has 1 aliphatic rings. The van der Waals surface area contributed by atoms with Gasteiger partial charge in [0, 0.05) is 7.05 Å². The Kier molecular flexibility index (Phi) is 9.15. The summed E-state index contributed by atoms with van der Waals surface area (Å²) in [6.45, 7) is 1.97. The number of para-hydroxylation sites is 1. The first kappa shape index (κ1) is 29.9. The van der Waals surface area contributed by atoms with Gasteiger partial charge < -0.3 is 35.3 Å². The average molecular weight is 600 g/mol. The molecular formula is C23H31ClN7O8P. The van der Waals surface area contributed by atoms with E-state index in [1.165, 1.54) is 17.8 Å². The fourth-order valence-electron chi connectivity index (χ4n) is 4.13. The molecule has 0 bridgehead atoms. The zero-order chi connectivity index (χ0) is 29.1. The van der Waals surface area contributed by atoms with Crippen LogP contribution >= 0.6 is 19.3 Å². The first-order valence-electron chi connectivity index (χ1n) is 12.3. The van der Waals surface area contributed by atoms with Crippen molar-refractivity contribution >= 4 is 48.2 Å². The molecule has 1 aromatic carbocycles. The highest BCUT2D eigenvalue weighted by Crippen LogP contribution is 2.48. The van der Waals surface area contributed by atoms with E-state index in [1.807, 2.05) is 0 Å². The van der Waals surface area contributed by atoms with Gasteiger partial charge >= 0.3 is 13.7 Å². The zero-order valence-electron chi connectivity index (χ0n) is 21.9. The molecule has 3 aromatic rings. The van der Waals surface area contributed by atoms with Crippen LogP contribution in [-0.4, -0.2) is 85.7 Å². The Balaban J connectivity index is 1.59. The van der Waals surface area contributed by atoms with E-state index in [0.717, 1.165) is 0 Å². The van der Waals surface area contributed by atoms with Gasteiger partial charge in [-0.05, 0) is 26.0 Å². The van der Waals surface area contributed by atoms with E-state index in [1.54, 1.807) is 44.3 Å². The van der Waals surface area contributed by atoms with Gasteiger partial charge in [0.2, 0.25) is 5.95 Å². The number of aliphatic hydroxyl groups is 2. The number of nitrogen functional groups attached to an aromatic ring is 1. The third-order valence-electron chi connectivity index (χ3n) is 6.10. The number of ether oxygens (including phenoxy) is 2. The van der Waals surface area contributed by atoms with Crippen molar-refractivity contribution in [3.8, 4) is 5.75 Å². The third kappa shape index (κ3) is 6.00. The number of nitrogens with two attached hydrogens (primary N) is 1. The second kappa shape index (κ2) is 12.2. The summed E-state index contributed by atoms with van der Waals surface area (Å²) in [7, 11) is -2.62. The Hall–Kier alpha value is -3.04. The Morgan fingerprint density at radius 3 is 2.73 bits per heavy atom. The third-order valence-corrected chi connectivity index (χ3v) is 8.27. The van der Waals surface area contributed by atoms with Gasteiger partial charge in [-0.1, -0.05) is 18.2 Å². The van der Waals surface area contributed by atoms with Gasteiger partial charge in [0.1, 0.15) is 28.9 Å².